The van der Waals surface area contributed by atoms with E-state index in [1.54, 1.807) is 0 Å². The predicted octanol–water partition coefficient (Wildman–Crippen LogP) is 3.71. The molecule has 0 aliphatic rings. The van der Waals surface area contributed by atoms with Crippen molar-refractivity contribution in [2.24, 2.45) is 0 Å². The van der Waals surface area contributed by atoms with Crippen molar-refractivity contribution in [1.29, 1.82) is 0 Å². The Balaban J connectivity index is 2.59. The van der Waals surface area contributed by atoms with E-state index >= 15 is 0 Å². The van der Waals surface area contributed by atoms with Gasteiger partial charge in [-0.25, -0.2) is 0 Å². The first kappa shape index (κ1) is 13.8. The van der Waals surface area contributed by atoms with Crippen LogP contribution in [0.5, 0.6) is 0 Å². The number of aliphatic hydroxyl groups excluding tert-OH is 1. The van der Waals surface area contributed by atoms with Gasteiger partial charge in [0.15, 0.2) is 0 Å². The van der Waals surface area contributed by atoms with Crippen molar-refractivity contribution < 1.29 is 5.11 Å². The zero-order valence-corrected chi connectivity index (χ0v) is 11.0. The zero-order chi connectivity index (χ0) is 12.7. The second-order valence-corrected chi connectivity index (χ2v) is 4.70. The number of hydrogen-bond acceptors (Lipinski definition) is 1. The summed E-state index contributed by atoms with van der Waals surface area (Å²) in [6.45, 7) is 6.47. The van der Waals surface area contributed by atoms with Gasteiger partial charge < -0.3 is 5.11 Å². The molecule has 1 unspecified atom stereocenters. The summed E-state index contributed by atoms with van der Waals surface area (Å²) >= 11 is 0. The Labute approximate surface area is 105 Å². The van der Waals surface area contributed by atoms with Gasteiger partial charge in [-0.3, -0.25) is 0 Å². The molecule has 0 spiro atoms. The lowest BCUT2D eigenvalue weighted by molar-refractivity contribution is 0.218. The summed E-state index contributed by atoms with van der Waals surface area (Å²) in [5.74, 6) is 6.46. The Hall–Kier alpha value is -1.26. The maximum absolute atomic E-state index is 9.61. The molecule has 0 bridgehead atoms. The Bertz CT molecular complexity index is 378. The first-order chi connectivity index (χ1) is 8.13. The molecule has 1 rings (SSSR count). The van der Waals surface area contributed by atoms with Crippen LogP contribution < -0.4 is 0 Å². The van der Waals surface area contributed by atoms with E-state index in [-0.39, 0.29) is 0 Å². The Morgan fingerprint density at radius 2 is 1.82 bits per heavy atom. The average Bonchev–Trinajstić information content (AvgIpc) is 2.34. The zero-order valence-electron chi connectivity index (χ0n) is 11.0. The van der Waals surface area contributed by atoms with E-state index in [1.807, 2.05) is 12.1 Å². The highest BCUT2D eigenvalue weighted by Crippen LogP contribution is 2.14. The van der Waals surface area contributed by atoms with Crippen LogP contribution in [0.2, 0.25) is 0 Å². The molecule has 1 atom stereocenters. The molecule has 0 fully saturated rings. The van der Waals surface area contributed by atoms with Crippen LogP contribution in [0.15, 0.2) is 24.3 Å². The smallest absolute Gasteiger partial charge is 0.115 e. The van der Waals surface area contributed by atoms with Gasteiger partial charge in [0.25, 0.3) is 0 Å². The van der Waals surface area contributed by atoms with Crippen molar-refractivity contribution in [3.63, 3.8) is 0 Å². The molecule has 0 radical (unpaired) electrons. The van der Waals surface area contributed by atoms with Crippen molar-refractivity contribution in [3.05, 3.63) is 35.4 Å². The maximum Gasteiger partial charge on any atom is 0.115 e. The fourth-order valence-corrected chi connectivity index (χ4v) is 1.59. The van der Waals surface area contributed by atoms with Gasteiger partial charge in [0.05, 0.1) is 0 Å². The molecule has 0 amide bonds. The molecule has 1 aromatic rings. The minimum absolute atomic E-state index is 0.486. The number of hydrogen-bond donors (Lipinski definition) is 1. The van der Waals surface area contributed by atoms with E-state index < -0.39 is 6.10 Å². The van der Waals surface area contributed by atoms with Crippen LogP contribution in [0.25, 0.3) is 0 Å². The molecular weight excluding hydrogens is 208 g/mol. The highest BCUT2D eigenvalue weighted by Gasteiger charge is 1.98. The molecule has 0 aromatic heterocycles. The van der Waals surface area contributed by atoms with Gasteiger partial charge in [0, 0.05) is 5.56 Å². The quantitative estimate of drug-likeness (QED) is 0.782. The van der Waals surface area contributed by atoms with Crippen molar-refractivity contribution in [3.8, 4) is 11.8 Å². The van der Waals surface area contributed by atoms with E-state index in [0.29, 0.717) is 5.92 Å². The number of rotatable bonds is 4. The molecule has 0 saturated heterocycles. The molecule has 1 aromatic carbocycles. The van der Waals surface area contributed by atoms with Crippen molar-refractivity contribution >= 4 is 0 Å². The van der Waals surface area contributed by atoms with E-state index in [2.05, 4.69) is 44.7 Å². The molecule has 0 aliphatic carbocycles. The van der Waals surface area contributed by atoms with E-state index in [0.717, 1.165) is 24.8 Å². The number of unbranched alkanes of at least 4 members (excludes halogenated alkanes) is 1. The largest absolute Gasteiger partial charge is 0.380 e. The standard InChI is InChI=1S/C16H22O/c1-4-5-6-16(17)12-9-14-7-10-15(11-8-14)13(2)3/h7-8,10-11,13,16-17H,4-6H2,1-3H3. The van der Waals surface area contributed by atoms with Crippen molar-refractivity contribution in [2.75, 3.05) is 0 Å². The van der Waals surface area contributed by atoms with Crippen LogP contribution in [0.3, 0.4) is 0 Å². The third-order valence-corrected chi connectivity index (χ3v) is 2.79. The Morgan fingerprint density at radius 1 is 1.18 bits per heavy atom. The fourth-order valence-electron chi connectivity index (χ4n) is 1.59. The van der Waals surface area contributed by atoms with Crippen LogP contribution in [0, 0.1) is 11.8 Å². The van der Waals surface area contributed by atoms with Crippen LogP contribution in [-0.2, 0) is 0 Å². The monoisotopic (exact) mass is 230 g/mol. The summed E-state index contributed by atoms with van der Waals surface area (Å²) in [4.78, 5) is 0. The number of benzene rings is 1. The van der Waals surface area contributed by atoms with Crippen molar-refractivity contribution in [2.45, 2.75) is 52.1 Å². The maximum atomic E-state index is 9.61. The molecule has 1 heteroatoms. The molecule has 0 saturated carbocycles. The van der Waals surface area contributed by atoms with Crippen molar-refractivity contribution in [1.82, 2.24) is 0 Å². The second-order valence-electron chi connectivity index (χ2n) is 4.70. The Kier molecular flexibility index (Phi) is 5.80. The van der Waals surface area contributed by atoms with Gasteiger partial charge in [-0.2, -0.15) is 0 Å². The van der Waals surface area contributed by atoms with Gasteiger partial charge in [-0.1, -0.05) is 57.6 Å². The van der Waals surface area contributed by atoms with E-state index in [4.69, 9.17) is 0 Å². The van der Waals surface area contributed by atoms with Gasteiger partial charge >= 0.3 is 0 Å². The molecule has 0 heterocycles. The van der Waals surface area contributed by atoms with Gasteiger partial charge in [-0.05, 0) is 30.0 Å². The lowest BCUT2D eigenvalue weighted by atomic mass is 10.0. The lowest BCUT2D eigenvalue weighted by Crippen LogP contribution is -2.01. The van der Waals surface area contributed by atoms with Crippen LogP contribution >= 0.6 is 0 Å². The summed E-state index contributed by atoms with van der Waals surface area (Å²) in [6, 6.07) is 8.25. The van der Waals surface area contributed by atoms with Crippen LogP contribution in [0.1, 0.15) is 57.1 Å². The van der Waals surface area contributed by atoms with E-state index in [9.17, 15) is 5.11 Å². The lowest BCUT2D eigenvalue weighted by Gasteiger charge is -2.04. The molecule has 92 valence electrons. The molecule has 17 heavy (non-hydrogen) atoms. The van der Waals surface area contributed by atoms with Crippen LogP contribution in [0.4, 0.5) is 0 Å². The molecular formula is C16H22O. The summed E-state index contributed by atoms with van der Waals surface area (Å²) in [5.41, 5.74) is 2.30. The molecule has 1 N–H and O–H groups in total. The molecule has 0 aliphatic heterocycles. The predicted molar refractivity (Wildman–Crippen MR) is 72.9 cm³/mol. The first-order valence-corrected chi connectivity index (χ1v) is 6.43. The first-order valence-electron chi connectivity index (χ1n) is 6.43. The van der Waals surface area contributed by atoms with Gasteiger partial charge in [0.2, 0.25) is 0 Å². The fraction of sp³-hybridized carbons (Fsp3) is 0.500. The van der Waals surface area contributed by atoms with E-state index in [1.165, 1.54) is 5.56 Å². The third-order valence-electron chi connectivity index (χ3n) is 2.79. The highest BCUT2D eigenvalue weighted by molar-refractivity contribution is 5.37. The minimum atomic E-state index is -0.486. The van der Waals surface area contributed by atoms with Crippen LogP contribution in [-0.4, -0.2) is 11.2 Å². The number of aliphatic hydroxyl groups is 1. The normalized spacial score (nSPS) is 12.1. The second kappa shape index (κ2) is 7.14. The van der Waals surface area contributed by atoms with Gasteiger partial charge in [-0.15, -0.1) is 0 Å². The SMILES string of the molecule is CCCCC(O)C#Cc1ccc(C(C)C)cc1. The minimum Gasteiger partial charge on any atom is -0.380 e. The topological polar surface area (TPSA) is 20.2 Å². The Morgan fingerprint density at radius 3 is 2.35 bits per heavy atom. The highest BCUT2D eigenvalue weighted by atomic mass is 16.3. The summed E-state index contributed by atoms with van der Waals surface area (Å²) in [5, 5.41) is 9.61. The molecule has 1 nitrogen and oxygen atoms in total. The third kappa shape index (κ3) is 5.06. The average molecular weight is 230 g/mol. The summed E-state index contributed by atoms with van der Waals surface area (Å²) < 4.78 is 0. The van der Waals surface area contributed by atoms with Gasteiger partial charge in [0.1, 0.15) is 6.10 Å². The summed E-state index contributed by atoms with van der Waals surface area (Å²) in [6.07, 6.45) is 2.41. The summed E-state index contributed by atoms with van der Waals surface area (Å²) in [7, 11) is 0.